The topological polar surface area (TPSA) is 190 Å². The van der Waals surface area contributed by atoms with Gasteiger partial charge in [-0.1, -0.05) is 87.1 Å². The Kier molecular flexibility index (Phi) is 33.6. The number of aromatic hydroxyl groups is 2. The Morgan fingerprint density at radius 2 is 1.06 bits per heavy atom. The molecule has 0 spiro atoms. The summed E-state index contributed by atoms with van der Waals surface area (Å²) in [6, 6.07) is 26.8. The monoisotopic (exact) mass is 1950 g/mol. The average molecular weight is 1950 g/mol. The molecule has 0 atom stereocenters. The second kappa shape index (κ2) is 36.0. The maximum Gasteiger partial charge on any atom is 0 e. The van der Waals surface area contributed by atoms with Gasteiger partial charge in [-0.05, 0) is 109 Å². The second-order valence-corrected chi connectivity index (χ2v) is 63.4. The van der Waals surface area contributed by atoms with Gasteiger partial charge in [0.15, 0.2) is 16.4 Å². The molecule has 2 aromatic heterocycles. The zero-order valence-corrected chi connectivity index (χ0v) is 60.0. The first-order chi connectivity index (χ1) is 37.5. The Hall–Kier alpha value is -1.43. The molecule has 1 radical (unpaired) electrons. The summed E-state index contributed by atoms with van der Waals surface area (Å²) in [5, 5.41) is 35.4. The number of H-pyrrole nitrogens is 1. The Bertz CT molecular complexity index is 3360. The van der Waals surface area contributed by atoms with E-state index in [2.05, 4.69) is 147 Å². The third-order valence-corrected chi connectivity index (χ3v) is 10.6. The van der Waals surface area contributed by atoms with E-state index in [0.29, 0.717) is 52.7 Å². The number of nitrogens with two attached hydrogens (primary N) is 2. The molecule has 0 saturated heterocycles. The van der Waals surface area contributed by atoms with Gasteiger partial charge in [-0.3, -0.25) is 14.2 Å². The molecule has 0 aliphatic rings. The number of methoxy groups -OCH3 is 1. The second-order valence-electron chi connectivity index (χ2n) is 14.6. The van der Waals surface area contributed by atoms with Crippen molar-refractivity contribution in [3.05, 3.63) is 169 Å². The van der Waals surface area contributed by atoms with E-state index in [-0.39, 0.29) is 74.6 Å². The third-order valence-electron chi connectivity index (χ3n) is 9.65. The minimum atomic E-state index is -4.43. The van der Waals surface area contributed by atoms with E-state index in [4.69, 9.17) is 63.3 Å². The fourth-order valence-electron chi connectivity index (χ4n) is 6.27. The number of hydrogen-bond acceptors (Lipinski definition) is 10. The molecule has 0 fully saturated rings. The van der Waals surface area contributed by atoms with Crippen LogP contribution in [0.3, 0.4) is 0 Å². The predicted molar refractivity (Wildman–Crippen MR) is 337 cm³/mol. The van der Waals surface area contributed by atoms with Gasteiger partial charge >= 0.3 is 133 Å². The predicted octanol–water partition coefficient (Wildman–Crippen LogP) is 18.2. The van der Waals surface area contributed by atoms with Crippen molar-refractivity contribution in [3.8, 4) is 51.4 Å². The van der Waals surface area contributed by atoms with Gasteiger partial charge in [0, 0.05) is 50.3 Å². The first-order valence-electron chi connectivity index (χ1n) is 20.9. The molecule has 8 aromatic rings. The summed E-state index contributed by atoms with van der Waals surface area (Å²) in [4.78, 5) is 3.98. The van der Waals surface area contributed by atoms with Gasteiger partial charge < -0.3 is 26.1 Å². The summed E-state index contributed by atoms with van der Waals surface area (Å²) < 4.78 is 122. The number of aliphatic imine (C=N–C) groups is 1. The molecule has 0 unspecified atom stereocenters. The van der Waals surface area contributed by atoms with Crippen molar-refractivity contribution in [1.29, 1.82) is 0 Å². The summed E-state index contributed by atoms with van der Waals surface area (Å²) in [5.41, 5.74) is 7.89. The molecule has 0 saturated carbocycles. The van der Waals surface area contributed by atoms with Crippen molar-refractivity contribution in [3.63, 3.8) is 0 Å². The minimum absolute atomic E-state index is 0. The quantitative estimate of drug-likeness (QED) is 0.0131. The number of phenols is 2. The van der Waals surface area contributed by atoms with Crippen LogP contribution in [0.4, 0.5) is 51.1 Å². The molecular formula is C46H35BrCl3F9I5N10O3SV3. The number of rotatable bonds is 7. The molecule has 434 valence electrons. The number of aromatic amines is 1. The molecule has 0 aliphatic heterocycles. The van der Waals surface area contributed by atoms with Crippen LogP contribution in [0.15, 0.2) is 132 Å². The van der Waals surface area contributed by atoms with Crippen LogP contribution in [-0.2, 0) is 51.5 Å². The number of halogens is 18. The summed E-state index contributed by atoms with van der Waals surface area (Å²) >= 11 is 38.0. The average Bonchev–Trinajstić information content (AvgIpc) is 3.99. The molecule has 8 N–H and O–H groups in total. The van der Waals surface area contributed by atoms with Crippen molar-refractivity contribution in [2.24, 2.45) is 10.8 Å². The summed E-state index contributed by atoms with van der Waals surface area (Å²) in [5.74, 6) is 8.05. The Morgan fingerprint density at radius 3 is 1.47 bits per heavy atom. The molecule has 0 amide bonds. The van der Waals surface area contributed by atoms with E-state index in [1.54, 1.807) is 18.2 Å². The number of phenolic OH excluding ortho intramolecular Hbond substituents is 2. The van der Waals surface area contributed by atoms with Crippen molar-refractivity contribution >= 4 is 180 Å². The van der Waals surface area contributed by atoms with Crippen LogP contribution >= 0.6 is 163 Å². The molecule has 35 heteroatoms. The number of aromatic nitrogens is 6. The number of alkyl halides is 10. The first-order valence-corrected chi connectivity index (χ1v) is 46.6. The molecule has 13 nitrogen and oxygen atoms in total. The normalized spacial score (nSPS) is 11.1. The molecule has 0 bridgehead atoms. The van der Waals surface area contributed by atoms with Crippen molar-refractivity contribution in [1.82, 2.24) is 35.0 Å². The molecule has 81 heavy (non-hydrogen) atoms. The number of nitrogens with one attached hydrogen (secondary N) is 2. The number of ether oxygens (including phenoxy) is 1. The zero-order valence-electron chi connectivity index (χ0n) is 40.3. The summed E-state index contributed by atoms with van der Waals surface area (Å²) in [6.07, 6.45) is -13.3. The van der Waals surface area contributed by atoms with Crippen LogP contribution in [0.2, 0.25) is 15.1 Å². The third kappa shape index (κ3) is 23.6. The maximum absolute atomic E-state index is 12.7. The Morgan fingerprint density at radius 1 is 0.679 bits per heavy atom. The molecule has 0 aliphatic carbocycles. The Balaban J connectivity index is 0.000000384. The van der Waals surface area contributed by atoms with Gasteiger partial charge in [0.05, 0.1) is 35.2 Å². The summed E-state index contributed by atoms with van der Waals surface area (Å²) in [6.45, 7) is 0. The van der Waals surface area contributed by atoms with Gasteiger partial charge in [0.2, 0.25) is 5.95 Å². The molecule has 8 rings (SSSR count). The van der Waals surface area contributed by atoms with Crippen molar-refractivity contribution < 1.29 is 87.4 Å². The molecule has 2 heterocycles. The van der Waals surface area contributed by atoms with Crippen LogP contribution in [-0.4, -0.2) is 58.5 Å². The maximum atomic E-state index is 12.7. The van der Waals surface area contributed by atoms with E-state index in [9.17, 15) is 49.7 Å². The number of anilines is 1. The standard InChI is InChI=1S/C15H10ClF3N4O.C15H9ClF3N3OS.C15H13ClF3N3O.CH3Br.5HI.3V/c16-10-5-6-12(24)11(7-10)23-13(21-22-14(23)20)8-1-3-9(4-2-8)15(17,18)19;16-10-5-6-12(23)11(7-10)22-13(20-21-14(22)24)8-1-3-9(4-2-8)15(17,18)19;1-23-13-7-6-11(16)8-12(13)21-14(22-20)9-2-4-10(5-3-9)15(17,18)19;1-2;;;;;;;;/h1-7,24H,(H2,20,22);1-7,23H,(H,21,24);2-8H,20H2,1H3,(H,21,22);1H3;5*1H;;;/q;;;;;;;;;;+2;+3/p-5. The van der Waals surface area contributed by atoms with E-state index in [1.165, 1.54) is 89.0 Å². The summed E-state index contributed by atoms with van der Waals surface area (Å²) in [7, 11) is 2.10. The van der Waals surface area contributed by atoms with E-state index >= 15 is 0 Å². The SMILES string of the molecule is CBr.COc1ccc(Cl)cc1N=C(NN)c1ccc(C(F)(F)F)cc1.Nc1nnc(-c2ccc(C(F)(F)F)cc2)n1-c1cc(Cl)ccc1O.Oc1ccc(Cl)cc1-n1c(-c2ccc(C(F)(F)F)cc2)n[nH]c1=S.[I][V]([I])[I].[I][V][I].[V]. The number of amidine groups is 1. The number of nitrogen functional groups attached to an aromatic ring is 1. The van der Waals surface area contributed by atoms with Crippen LogP contribution in [0.25, 0.3) is 34.2 Å². The number of hydrogen-bond donors (Lipinski definition) is 6. The fraction of sp³-hybridized carbons (Fsp3) is 0.109. The van der Waals surface area contributed by atoms with Gasteiger partial charge in [0.1, 0.15) is 28.8 Å². The largest absolute Gasteiger partial charge is 0 e. The first kappa shape index (κ1) is 75.7. The zero-order chi connectivity index (χ0) is 60.3. The minimum Gasteiger partial charge on any atom is 0 e. The fourth-order valence-corrected chi connectivity index (χ4v) is 7.00. The van der Waals surface area contributed by atoms with E-state index < -0.39 is 35.2 Å². The van der Waals surface area contributed by atoms with Crippen molar-refractivity contribution in [2.45, 2.75) is 18.5 Å². The molecular weight excluding hydrogens is 1920 g/mol. The number of nitrogens with zero attached hydrogens (tertiary/aromatic N) is 6. The van der Waals surface area contributed by atoms with Gasteiger partial charge in [-0.15, -0.1) is 10.2 Å². The van der Waals surface area contributed by atoms with Crippen LogP contribution < -0.4 is 21.7 Å². The van der Waals surface area contributed by atoms with Gasteiger partial charge in [-0.2, -0.15) is 44.6 Å². The van der Waals surface area contributed by atoms with Crippen molar-refractivity contribution in [2.75, 3.05) is 18.7 Å². The Labute approximate surface area is 563 Å². The smallest absolute Gasteiger partial charge is 0 e. The van der Waals surface area contributed by atoms with Crippen LogP contribution in [0, 0.1) is 4.77 Å². The van der Waals surface area contributed by atoms with Gasteiger partial charge in [0.25, 0.3) is 0 Å². The number of hydrazine groups is 1. The van der Waals surface area contributed by atoms with Crippen LogP contribution in [0.5, 0.6) is 17.2 Å². The van der Waals surface area contributed by atoms with Gasteiger partial charge in [-0.25, -0.2) is 10.8 Å². The number of benzene rings is 6. The van der Waals surface area contributed by atoms with E-state index in [0.717, 1.165) is 36.4 Å². The van der Waals surface area contributed by atoms with Crippen LogP contribution in [0.1, 0.15) is 22.3 Å². The molecule has 6 aromatic carbocycles. The van der Waals surface area contributed by atoms with E-state index in [1.807, 2.05) is 5.83 Å².